The van der Waals surface area contributed by atoms with Gasteiger partial charge in [0.15, 0.2) is 0 Å². The van der Waals surface area contributed by atoms with Gasteiger partial charge in [-0.15, -0.1) is 0 Å². The number of fused-ring (bicyclic) bond motifs is 3. The van der Waals surface area contributed by atoms with Crippen LogP contribution in [0.2, 0.25) is 0 Å². The van der Waals surface area contributed by atoms with Gasteiger partial charge >= 0.3 is 0 Å². The average Bonchev–Trinajstić information content (AvgIpc) is 2.76. The number of nitrogens with zero attached hydrogens (tertiary/aromatic N) is 2. The van der Waals surface area contributed by atoms with Gasteiger partial charge in [0.1, 0.15) is 0 Å². The average molecular weight is 285 g/mol. The van der Waals surface area contributed by atoms with Gasteiger partial charge in [0.2, 0.25) is 0 Å². The summed E-state index contributed by atoms with van der Waals surface area (Å²) in [5, 5.41) is 3.49. The highest BCUT2D eigenvalue weighted by Crippen LogP contribution is 2.29. The lowest BCUT2D eigenvalue weighted by Crippen LogP contribution is -2.36. The largest absolute Gasteiger partial charge is 0.312 e. The highest BCUT2D eigenvalue weighted by Gasteiger charge is 2.34. The Balaban J connectivity index is 1.51. The Hall–Kier alpha value is -0.900. The molecule has 3 nitrogen and oxygen atoms in total. The molecule has 0 saturated carbocycles. The van der Waals surface area contributed by atoms with Crippen LogP contribution in [0, 0.1) is 0 Å². The third-order valence-electron chi connectivity index (χ3n) is 5.86. The van der Waals surface area contributed by atoms with E-state index in [1.165, 1.54) is 44.3 Å². The smallest absolute Gasteiger partial charge is 0.0237 e. The van der Waals surface area contributed by atoms with Crippen LogP contribution in [-0.4, -0.2) is 48.6 Å². The molecule has 1 aromatic rings. The van der Waals surface area contributed by atoms with Crippen LogP contribution in [0.25, 0.3) is 0 Å². The van der Waals surface area contributed by atoms with E-state index in [0.717, 1.165) is 31.7 Å². The Morgan fingerprint density at radius 1 is 1.19 bits per heavy atom. The molecule has 2 fully saturated rings. The lowest BCUT2D eigenvalue weighted by molar-refractivity contribution is 0.214. The number of hydrogen-bond acceptors (Lipinski definition) is 3. The molecule has 1 N–H and O–H groups in total. The van der Waals surface area contributed by atoms with E-state index in [-0.39, 0.29) is 0 Å². The first-order valence-electron chi connectivity index (χ1n) is 8.56. The van der Waals surface area contributed by atoms with Gasteiger partial charge in [-0.3, -0.25) is 9.80 Å². The zero-order valence-corrected chi connectivity index (χ0v) is 13.1. The van der Waals surface area contributed by atoms with E-state index in [4.69, 9.17) is 0 Å². The van der Waals surface area contributed by atoms with Crippen LogP contribution in [0.1, 0.15) is 36.0 Å². The van der Waals surface area contributed by atoms with Crippen molar-refractivity contribution < 1.29 is 0 Å². The molecule has 3 aliphatic rings. The zero-order chi connectivity index (χ0) is 14.2. The summed E-state index contributed by atoms with van der Waals surface area (Å²) in [6.07, 6.45) is 5.37. The second-order valence-corrected chi connectivity index (χ2v) is 7.06. The van der Waals surface area contributed by atoms with Crippen molar-refractivity contribution in [3.63, 3.8) is 0 Å². The Morgan fingerprint density at radius 2 is 2.10 bits per heavy atom. The standard InChI is InChI=1S/C18H27N3/c1-20-16-5-6-17(20)13-21(10-8-16)12-15-4-2-3-14-11-19-9-7-18(14)15/h2-4,16-17,19H,5-13H2,1H3. The van der Waals surface area contributed by atoms with Gasteiger partial charge in [0, 0.05) is 38.3 Å². The van der Waals surface area contributed by atoms with Crippen LogP contribution in [0.3, 0.4) is 0 Å². The van der Waals surface area contributed by atoms with Crippen molar-refractivity contribution in [3.8, 4) is 0 Å². The van der Waals surface area contributed by atoms with Gasteiger partial charge in [-0.25, -0.2) is 0 Å². The van der Waals surface area contributed by atoms with E-state index in [1.807, 2.05) is 0 Å². The van der Waals surface area contributed by atoms with Crippen molar-refractivity contribution >= 4 is 0 Å². The minimum Gasteiger partial charge on any atom is -0.312 e. The zero-order valence-electron chi connectivity index (χ0n) is 13.1. The Labute approximate surface area is 128 Å². The van der Waals surface area contributed by atoms with Crippen molar-refractivity contribution in [2.45, 2.75) is 50.9 Å². The second-order valence-electron chi connectivity index (χ2n) is 7.06. The molecule has 1 aromatic carbocycles. The summed E-state index contributed by atoms with van der Waals surface area (Å²) < 4.78 is 0. The van der Waals surface area contributed by atoms with Crippen molar-refractivity contribution in [2.24, 2.45) is 0 Å². The van der Waals surface area contributed by atoms with E-state index >= 15 is 0 Å². The van der Waals surface area contributed by atoms with Crippen LogP contribution < -0.4 is 5.32 Å². The maximum absolute atomic E-state index is 3.49. The minimum absolute atomic E-state index is 0.790. The topological polar surface area (TPSA) is 18.5 Å². The third kappa shape index (κ3) is 2.63. The van der Waals surface area contributed by atoms with Crippen molar-refractivity contribution in [3.05, 3.63) is 34.9 Å². The van der Waals surface area contributed by atoms with Crippen molar-refractivity contribution in [2.75, 3.05) is 26.7 Å². The summed E-state index contributed by atoms with van der Waals surface area (Å²) in [4.78, 5) is 5.35. The van der Waals surface area contributed by atoms with Gasteiger partial charge in [-0.05, 0) is 56.0 Å². The molecule has 2 saturated heterocycles. The normalized spacial score (nSPS) is 30.1. The first-order valence-corrected chi connectivity index (χ1v) is 8.56. The van der Waals surface area contributed by atoms with E-state index < -0.39 is 0 Å². The van der Waals surface area contributed by atoms with Gasteiger partial charge < -0.3 is 5.32 Å². The molecular formula is C18H27N3. The summed E-state index contributed by atoms with van der Waals surface area (Å²) in [6.45, 7) is 5.87. The van der Waals surface area contributed by atoms with Crippen LogP contribution in [0.15, 0.2) is 18.2 Å². The summed E-state index contributed by atoms with van der Waals surface area (Å²) in [6, 6.07) is 8.53. The number of likely N-dealkylation sites (N-methyl/N-ethyl adjacent to an activating group) is 1. The summed E-state index contributed by atoms with van der Waals surface area (Å²) in [5.74, 6) is 0. The third-order valence-corrected chi connectivity index (χ3v) is 5.86. The molecule has 114 valence electrons. The molecule has 0 amide bonds. The molecular weight excluding hydrogens is 258 g/mol. The highest BCUT2D eigenvalue weighted by atomic mass is 15.3. The molecule has 3 aliphatic heterocycles. The Kier molecular flexibility index (Phi) is 3.74. The summed E-state index contributed by atoms with van der Waals surface area (Å²) >= 11 is 0. The number of hydrogen-bond donors (Lipinski definition) is 1. The fourth-order valence-electron chi connectivity index (χ4n) is 4.52. The predicted molar refractivity (Wildman–Crippen MR) is 86.3 cm³/mol. The SMILES string of the molecule is CN1C2CCC1CN(Cc1cccc3c1CCNC3)CC2. The highest BCUT2D eigenvalue weighted by molar-refractivity contribution is 5.37. The van der Waals surface area contributed by atoms with E-state index in [2.05, 4.69) is 40.4 Å². The molecule has 0 radical (unpaired) electrons. The molecule has 4 rings (SSSR count). The fourth-order valence-corrected chi connectivity index (χ4v) is 4.52. The number of rotatable bonds is 2. The van der Waals surface area contributed by atoms with E-state index in [9.17, 15) is 0 Å². The van der Waals surface area contributed by atoms with Crippen LogP contribution in [-0.2, 0) is 19.5 Å². The van der Waals surface area contributed by atoms with Crippen molar-refractivity contribution in [1.82, 2.24) is 15.1 Å². The summed E-state index contributed by atoms with van der Waals surface area (Å²) in [7, 11) is 2.34. The monoisotopic (exact) mass is 285 g/mol. The van der Waals surface area contributed by atoms with Gasteiger partial charge in [0.05, 0.1) is 0 Å². The Morgan fingerprint density at radius 3 is 3.05 bits per heavy atom. The lowest BCUT2D eigenvalue weighted by Gasteiger charge is -2.28. The molecule has 2 unspecified atom stereocenters. The maximum atomic E-state index is 3.49. The van der Waals surface area contributed by atoms with Crippen molar-refractivity contribution in [1.29, 1.82) is 0 Å². The van der Waals surface area contributed by atoms with E-state index in [1.54, 1.807) is 11.1 Å². The fraction of sp³-hybridized carbons (Fsp3) is 0.667. The molecule has 2 atom stereocenters. The first-order chi connectivity index (χ1) is 10.3. The molecule has 0 aliphatic carbocycles. The quantitative estimate of drug-likeness (QED) is 0.896. The predicted octanol–water partition coefficient (Wildman–Crippen LogP) is 2.00. The molecule has 0 aromatic heterocycles. The van der Waals surface area contributed by atoms with Crippen LogP contribution in [0.4, 0.5) is 0 Å². The lowest BCUT2D eigenvalue weighted by atomic mass is 9.95. The van der Waals surface area contributed by atoms with E-state index in [0.29, 0.717) is 0 Å². The molecule has 21 heavy (non-hydrogen) atoms. The first kappa shape index (κ1) is 13.7. The number of benzene rings is 1. The molecule has 0 spiro atoms. The summed E-state index contributed by atoms with van der Waals surface area (Å²) in [5.41, 5.74) is 4.72. The number of likely N-dealkylation sites (tertiary alicyclic amines) is 1. The second kappa shape index (κ2) is 5.71. The minimum atomic E-state index is 0.790. The molecule has 2 bridgehead atoms. The molecule has 3 heteroatoms. The van der Waals surface area contributed by atoms with Crippen LogP contribution in [0.5, 0.6) is 0 Å². The maximum Gasteiger partial charge on any atom is 0.0237 e. The van der Waals surface area contributed by atoms with Crippen LogP contribution >= 0.6 is 0 Å². The number of nitrogens with one attached hydrogen (secondary N) is 1. The van der Waals surface area contributed by atoms with Gasteiger partial charge in [0.25, 0.3) is 0 Å². The molecule has 3 heterocycles. The Bertz CT molecular complexity index is 513. The van der Waals surface area contributed by atoms with Gasteiger partial charge in [-0.1, -0.05) is 18.2 Å². The van der Waals surface area contributed by atoms with Gasteiger partial charge in [-0.2, -0.15) is 0 Å².